The van der Waals surface area contributed by atoms with E-state index in [0.717, 1.165) is 30.6 Å². The fraction of sp³-hybridized carbons (Fsp3) is 0.231. The minimum Gasteiger partial charge on any atom is -0.497 e. The molecule has 0 atom stereocenters. The molecule has 0 saturated carbocycles. The Morgan fingerprint density at radius 2 is 1.61 bits per heavy atom. The van der Waals surface area contributed by atoms with Crippen LogP contribution in [0.15, 0.2) is 71.5 Å². The third-order valence-electron chi connectivity index (χ3n) is 5.40. The molecule has 33 heavy (non-hydrogen) atoms. The summed E-state index contributed by atoms with van der Waals surface area (Å²) in [6.45, 7) is 1.06. The van der Waals surface area contributed by atoms with Gasteiger partial charge in [-0.2, -0.15) is 0 Å². The molecule has 0 amide bonds. The molecule has 1 heterocycles. The van der Waals surface area contributed by atoms with Crippen LogP contribution >= 0.6 is 23.2 Å². The van der Waals surface area contributed by atoms with Crippen molar-refractivity contribution in [3.63, 3.8) is 0 Å². The van der Waals surface area contributed by atoms with Gasteiger partial charge in [-0.1, -0.05) is 41.4 Å². The fourth-order valence-corrected chi connectivity index (χ4v) is 4.19. The second kappa shape index (κ2) is 10.7. The Bertz CT molecular complexity index is 1280. The van der Waals surface area contributed by atoms with Crippen LogP contribution in [0.25, 0.3) is 22.3 Å². The Hall–Kier alpha value is -3.02. The van der Waals surface area contributed by atoms with Crippen LogP contribution in [0.5, 0.6) is 11.5 Å². The van der Waals surface area contributed by atoms with Crippen molar-refractivity contribution in [3.8, 4) is 22.9 Å². The highest BCUT2D eigenvalue weighted by molar-refractivity contribution is 6.37. The maximum atomic E-state index is 13.3. The van der Waals surface area contributed by atoms with Gasteiger partial charge in [0.1, 0.15) is 11.6 Å². The van der Waals surface area contributed by atoms with Gasteiger partial charge in [-0.15, -0.1) is 0 Å². The Morgan fingerprint density at radius 1 is 0.879 bits per heavy atom. The number of para-hydroxylation sites is 2. The van der Waals surface area contributed by atoms with E-state index in [2.05, 4.69) is 0 Å². The van der Waals surface area contributed by atoms with Gasteiger partial charge in [0.15, 0.2) is 5.75 Å². The van der Waals surface area contributed by atoms with Crippen molar-refractivity contribution in [1.29, 1.82) is 0 Å². The molecule has 3 aromatic carbocycles. The Balaban J connectivity index is 1.48. The average Bonchev–Trinajstić information content (AvgIpc) is 2.84. The first-order valence-corrected chi connectivity index (χ1v) is 11.5. The summed E-state index contributed by atoms with van der Waals surface area (Å²) in [5, 5.41) is 1.62. The normalized spacial score (nSPS) is 11.0. The van der Waals surface area contributed by atoms with E-state index >= 15 is 0 Å². The van der Waals surface area contributed by atoms with E-state index in [4.69, 9.17) is 37.7 Å². The van der Waals surface area contributed by atoms with Crippen LogP contribution in [-0.2, 0) is 6.54 Å². The number of fused-ring (bicyclic) bond motifs is 1. The quantitative estimate of drug-likeness (QED) is 0.251. The first-order chi connectivity index (χ1) is 16.1. The summed E-state index contributed by atoms with van der Waals surface area (Å²) in [4.78, 5) is 18.1. The lowest BCUT2D eigenvalue weighted by Crippen LogP contribution is -2.23. The molecule has 0 N–H and O–H groups in total. The number of hydrogen-bond acceptors (Lipinski definition) is 4. The average molecular weight is 483 g/mol. The molecule has 0 spiro atoms. The Morgan fingerprint density at radius 3 is 2.33 bits per heavy atom. The van der Waals surface area contributed by atoms with Gasteiger partial charge in [0.25, 0.3) is 5.56 Å². The standard InChI is InChI=1S/C26H24Cl2N2O3/c1-32-19-14-12-18(13-15-19)25-29-23-11-4-3-8-20(23)26(31)30(25)16-5-2-6-17-33-24-21(27)9-7-10-22(24)28/h3-4,7-15H,2,5-6,16-17H2,1H3. The van der Waals surface area contributed by atoms with E-state index in [1.165, 1.54) is 0 Å². The summed E-state index contributed by atoms with van der Waals surface area (Å²) in [6.07, 6.45) is 2.50. The van der Waals surface area contributed by atoms with Crippen molar-refractivity contribution in [2.75, 3.05) is 13.7 Å². The summed E-state index contributed by atoms with van der Waals surface area (Å²) >= 11 is 12.3. The minimum absolute atomic E-state index is 0.0366. The molecule has 7 heteroatoms. The molecule has 5 nitrogen and oxygen atoms in total. The van der Waals surface area contributed by atoms with Crippen LogP contribution in [0, 0.1) is 0 Å². The lowest BCUT2D eigenvalue weighted by molar-refractivity contribution is 0.304. The third-order valence-corrected chi connectivity index (χ3v) is 6.00. The highest BCUT2D eigenvalue weighted by Gasteiger charge is 2.13. The number of unbranched alkanes of at least 4 members (excludes halogenated alkanes) is 2. The van der Waals surface area contributed by atoms with Crippen LogP contribution < -0.4 is 15.0 Å². The molecular formula is C26H24Cl2N2O3. The number of hydrogen-bond donors (Lipinski definition) is 0. The number of rotatable bonds is 9. The van der Waals surface area contributed by atoms with Crippen LogP contribution in [0.3, 0.4) is 0 Å². The monoisotopic (exact) mass is 482 g/mol. The second-order valence-electron chi connectivity index (χ2n) is 7.60. The van der Waals surface area contributed by atoms with Gasteiger partial charge in [-0.05, 0) is 67.8 Å². The van der Waals surface area contributed by atoms with E-state index in [0.29, 0.717) is 45.7 Å². The summed E-state index contributed by atoms with van der Waals surface area (Å²) in [5.41, 5.74) is 1.52. The molecule has 0 aliphatic heterocycles. The van der Waals surface area contributed by atoms with Crippen molar-refractivity contribution in [1.82, 2.24) is 9.55 Å². The largest absolute Gasteiger partial charge is 0.497 e. The molecule has 0 bridgehead atoms. The molecule has 0 unspecified atom stereocenters. The van der Waals surface area contributed by atoms with Gasteiger partial charge in [0.05, 0.1) is 34.7 Å². The van der Waals surface area contributed by atoms with E-state index in [-0.39, 0.29) is 5.56 Å². The molecule has 0 saturated heterocycles. The molecule has 0 radical (unpaired) electrons. The van der Waals surface area contributed by atoms with Gasteiger partial charge in [-0.3, -0.25) is 9.36 Å². The summed E-state index contributed by atoms with van der Waals surface area (Å²) in [7, 11) is 1.63. The zero-order valence-electron chi connectivity index (χ0n) is 18.3. The summed E-state index contributed by atoms with van der Waals surface area (Å²) < 4.78 is 12.8. The number of nitrogens with zero attached hydrogens (tertiary/aromatic N) is 2. The van der Waals surface area contributed by atoms with Crippen LogP contribution in [0.1, 0.15) is 19.3 Å². The summed E-state index contributed by atoms with van der Waals surface area (Å²) in [5.74, 6) is 1.92. The minimum atomic E-state index is -0.0366. The lowest BCUT2D eigenvalue weighted by Gasteiger charge is -2.14. The van der Waals surface area contributed by atoms with Crippen molar-refractivity contribution in [2.24, 2.45) is 0 Å². The first kappa shape index (κ1) is 23.1. The number of methoxy groups -OCH3 is 1. The van der Waals surface area contributed by atoms with Gasteiger partial charge in [0.2, 0.25) is 0 Å². The molecule has 1 aromatic heterocycles. The van der Waals surface area contributed by atoms with Crippen LogP contribution in [0.2, 0.25) is 10.0 Å². The Kier molecular flexibility index (Phi) is 7.53. The lowest BCUT2D eigenvalue weighted by atomic mass is 10.1. The van der Waals surface area contributed by atoms with Crippen molar-refractivity contribution in [2.45, 2.75) is 25.8 Å². The van der Waals surface area contributed by atoms with Crippen LogP contribution in [-0.4, -0.2) is 23.3 Å². The molecule has 0 aliphatic rings. The molecule has 170 valence electrons. The zero-order chi connectivity index (χ0) is 23.2. The predicted molar refractivity (Wildman–Crippen MR) is 134 cm³/mol. The number of ether oxygens (including phenoxy) is 2. The summed E-state index contributed by atoms with van der Waals surface area (Å²) in [6, 6.07) is 20.3. The predicted octanol–water partition coefficient (Wildman–Crippen LogP) is 6.63. The molecular weight excluding hydrogens is 459 g/mol. The Labute approximate surface area is 202 Å². The molecule has 4 aromatic rings. The van der Waals surface area contributed by atoms with Crippen molar-refractivity contribution >= 4 is 34.1 Å². The topological polar surface area (TPSA) is 53.3 Å². The van der Waals surface area contributed by atoms with E-state index < -0.39 is 0 Å². The zero-order valence-corrected chi connectivity index (χ0v) is 19.8. The van der Waals surface area contributed by atoms with Crippen molar-refractivity contribution < 1.29 is 9.47 Å². The van der Waals surface area contributed by atoms with E-state index in [9.17, 15) is 4.79 Å². The van der Waals surface area contributed by atoms with E-state index in [1.807, 2.05) is 48.5 Å². The van der Waals surface area contributed by atoms with Gasteiger partial charge in [-0.25, -0.2) is 4.98 Å². The smallest absolute Gasteiger partial charge is 0.261 e. The molecule has 0 fully saturated rings. The van der Waals surface area contributed by atoms with E-state index in [1.54, 1.807) is 29.9 Å². The number of benzene rings is 3. The number of aromatic nitrogens is 2. The second-order valence-corrected chi connectivity index (χ2v) is 8.41. The highest BCUT2D eigenvalue weighted by atomic mass is 35.5. The van der Waals surface area contributed by atoms with Gasteiger partial charge in [0, 0.05) is 12.1 Å². The van der Waals surface area contributed by atoms with Gasteiger partial charge >= 0.3 is 0 Å². The maximum Gasteiger partial charge on any atom is 0.261 e. The third kappa shape index (κ3) is 5.32. The highest BCUT2D eigenvalue weighted by Crippen LogP contribution is 2.32. The fourth-order valence-electron chi connectivity index (χ4n) is 3.68. The van der Waals surface area contributed by atoms with Gasteiger partial charge < -0.3 is 9.47 Å². The van der Waals surface area contributed by atoms with Crippen LogP contribution in [0.4, 0.5) is 0 Å². The maximum absolute atomic E-state index is 13.3. The molecule has 0 aliphatic carbocycles. The SMILES string of the molecule is COc1ccc(-c2nc3ccccc3c(=O)n2CCCCCOc2c(Cl)cccc2Cl)cc1. The number of halogens is 2. The first-order valence-electron chi connectivity index (χ1n) is 10.8. The van der Waals surface area contributed by atoms with Crippen molar-refractivity contribution in [3.05, 3.63) is 87.1 Å². The molecule has 4 rings (SSSR count).